The fourth-order valence-corrected chi connectivity index (χ4v) is 3.37. The van der Waals surface area contributed by atoms with Gasteiger partial charge in [-0.05, 0) is 42.0 Å². The summed E-state index contributed by atoms with van der Waals surface area (Å²) in [5, 5.41) is 14.2. The van der Waals surface area contributed by atoms with Crippen molar-refractivity contribution in [3.63, 3.8) is 0 Å². The molecule has 0 spiro atoms. The normalized spacial score (nSPS) is 11.8. The SMILES string of the molecule is CS(=O)(=O)c1cccc(CNc2nc(Nc3ccc(C(=O)O)cc3)ncc2C(F)(F)F)c1. The van der Waals surface area contributed by atoms with Gasteiger partial charge in [-0.1, -0.05) is 12.1 Å². The van der Waals surface area contributed by atoms with Crippen LogP contribution in [0, 0.1) is 0 Å². The van der Waals surface area contributed by atoms with E-state index in [2.05, 4.69) is 20.6 Å². The smallest absolute Gasteiger partial charge is 0.421 e. The van der Waals surface area contributed by atoms with E-state index in [-0.39, 0.29) is 23.0 Å². The maximum absolute atomic E-state index is 13.4. The van der Waals surface area contributed by atoms with Gasteiger partial charge in [0, 0.05) is 24.7 Å². The van der Waals surface area contributed by atoms with Crippen molar-refractivity contribution in [3.05, 3.63) is 71.4 Å². The van der Waals surface area contributed by atoms with E-state index in [0.717, 1.165) is 6.26 Å². The molecule has 0 aliphatic rings. The summed E-state index contributed by atoms with van der Waals surface area (Å²) < 4.78 is 63.6. The number of hydrogen-bond acceptors (Lipinski definition) is 7. The summed E-state index contributed by atoms with van der Waals surface area (Å²) in [6.07, 6.45) is -3.07. The number of sulfone groups is 1. The predicted molar refractivity (Wildman–Crippen MR) is 111 cm³/mol. The summed E-state index contributed by atoms with van der Waals surface area (Å²) in [5.41, 5.74) is -0.230. The molecule has 1 heterocycles. The molecule has 3 aromatic rings. The van der Waals surface area contributed by atoms with Crippen molar-refractivity contribution < 1.29 is 31.5 Å². The van der Waals surface area contributed by atoms with Crippen LogP contribution in [0.5, 0.6) is 0 Å². The van der Waals surface area contributed by atoms with Crippen LogP contribution >= 0.6 is 0 Å². The number of aromatic carboxylic acids is 1. The minimum absolute atomic E-state index is 0.0440. The summed E-state index contributed by atoms with van der Waals surface area (Å²) in [6, 6.07) is 11.3. The highest BCUT2D eigenvalue weighted by atomic mass is 32.2. The fraction of sp³-hybridized carbons (Fsp3) is 0.150. The lowest BCUT2D eigenvalue weighted by molar-refractivity contribution is -0.137. The van der Waals surface area contributed by atoms with E-state index < -0.39 is 33.4 Å². The van der Waals surface area contributed by atoms with E-state index >= 15 is 0 Å². The predicted octanol–water partition coefficient (Wildman–Crippen LogP) is 3.95. The van der Waals surface area contributed by atoms with Gasteiger partial charge in [0.05, 0.1) is 10.5 Å². The first-order valence-electron chi connectivity index (χ1n) is 9.01. The first kappa shape index (κ1) is 23.0. The maximum Gasteiger partial charge on any atom is 0.421 e. The van der Waals surface area contributed by atoms with Gasteiger partial charge in [-0.3, -0.25) is 0 Å². The van der Waals surface area contributed by atoms with Crippen LogP contribution in [0.1, 0.15) is 21.5 Å². The van der Waals surface area contributed by atoms with Gasteiger partial charge in [-0.15, -0.1) is 0 Å². The Morgan fingerprint density at radius 2 is 1.81 bits per heavy atom. The molecular formula is C20H17F3N4O4S. The lowest BCUT2D eigenvalue weighted by Crippen LogP contribution is -2.14. The summed E-state index contributed by atoms with van der Waals surface area (Å²) in [7, 11) is -3.47. The quantitative estimate of drug-likeness (QED) is 0.479. The lowest BCUT2D eigenvalue weighted by atomic mass is 10.2. The van der Waals surface area contributed by atoms with Gasteiger partial charge in [0.15, 0.2) is 9.84 Å². The van der Waals surface area contributed by atoms with E-state index in [1.54, 1.807) is 6.07 Å². The number of halogens is 3. The summed E-state index contributed by atoms with van der Waals surface area (Å²) in [5.74, 6) is -1.76. The molecule has 3 rings (SSSR count). The minimum Gasteiger partial charge on any atom is -0.478 e. The largest absolute Gasteiger partial charge is 0.478 e. The van der Waals surface area contributed by atoms with Gasteiger partial charge in [-0.25, -0.2) is 18.2 Å². The lowest BCUT2D eigenvalue weighted by Gasteiger charge is -2.15. The van der Waals surface area contributed by atoms with Crippen LogP contribution < -0.4 is 10.6 Å². The molecule has 0 bridgehead atoms. The molecule has 0 atom stereocenters. The minimum atomic E-state index is -4.72. The van der Waals surface area contributed by atoms with Gasteiger partial charge in [0.1, 0.15) is 11.4 Å². The third kappa shape index (κ3) is 5.72. The number of carbonyl (C=O) groups is 1. The zero-order valence-corrected chi connectivity index (χ0v) is 17.3. The molecule has 12 heteroatoms. The Morgan fingerprint density at radius 3 is 2.41 bits per heavy atom. The van der Waals surface area contributed by atoms with Crippen LogP contribution in [0.2, 0.25) is 0 Å². The molecule has 3 N–H and O–H groups in total. The molecule has 0 aliphatic heterocycles. The van der Waals surface area contributed by atoms with Gasteiger partial charge < -0.3 is 15.7 Å². The Bertz CT molecular complexity index is 1250. The maximum atomic E-state index is 13.4. The van der Waals surface area contributed by atoms with Crippen LogP contribution in [0.3, 0.4) is 0 Å². The third-order valence-electron chi connectivity index (χ3n) is 4.27. The molecule has 0 fully saturated rings. The Kier molecular flexibility index (Phi) is 6.35. The second kappa shape index (κ2) is 8.83. The number of nitrogens with zero attached hydrogens (tertiary/aromatic N) is 2. The highest BCUT2D eigenvalue weighted by Crippen LogP contribution is 2.34. The van der Waals surface area contributed by atoms with Crippen molar-refractivity contribution in [2.45, 2.75) is 17.6 Å². The number of hydrogen-bond donors (Lipinski definition) is 3. The van der Waals surface area contributed by atoms with Gasteiger partial charge in [0.25, 0.3) is 0 Å². The van der Waals surface area contributed by atoms with Gasteiger partial charge in [-0.2, -0.15) is 18.2 Å². The molecule has 0 saturated carbocycles. The van der Waals surface area contributed by atoms with Crippen LogP contribution in [0.4, 0.5) is 30.6 Å². The number of rotatable bonds is 7. The van der Waals surface area contributed by atoms with E-state index in [9.17, 15) is 26.4 Å². The summed E-state index contributed by atoms with van der Waals surface area (Å²) >= 11 is 0. The molecule has 0 unspecified atom stereocenters. The molecule has 0 radical (unpaired) electrons. The zero-order chi connectivity index (χ0) is 23.5. The summed E-state index contributed by atoms with van der Waals surface area (Å²) in [4.78, 5) is 18.5. The molecule has 2 aromatic carbocycles. The van der Waals surface area contributed by atoms with E-state index in [1.807, 2.05) is 0 Å². The summed E-state index contributed by atoms with van der Waals surface area (Å²) in [6.45, 7) is -0.115. The van der Waals surface area contributed by atoms with Crippen LogP contribution in [-0.2, 0) is 22.6 Å². The molecule has 0 aliphatic carbocycles. The highest BCUT2D eigenvalue weighted by molar-refractivity contribution is 7.90. The van der Waals surface area contributed by atoms with Crippen molar-refractivity contribution in [1.82, 2.24) is 9.97 Å². The average Bonchev–Trinajstić information content (AvgIpc) is 2.71. The van der Waals surface area contributed by atoms with E-state index in [1.165, 1.54) is 42.5 Å². The standard InChI is InChI=1S/C20H17F3N4O4S/c1-32(30,31)15-4-2-3-12(9-15)10-24-17-16(20(21,22)23)11-25-19(27-17)26-14-7-5-13(6-8-14)18(28)29/h2-9,11H,10H2,1H3,(H,28,29)(H2,24,25,26,27). The first-order valence-corrected chi connectivity index (χ1v) is 10.9. The second-order valence-electron chi connectivity index (χ2n) is 6.73. The van der Waals surface area contributed by atoms with Crippen molar-refractivity contribution >= 4 is 33.3 Å². The number of anilines is 3. The average molecular weight is 466 g/mol. The molecular weight excluding hydrogens is 449 g/mol. The molecule has 32 heavy (non-hydrogen) atoms. The number of aromatic nitrogens is 2. The van der Waals surface area contributed by atoms with Crippen molar-refractivity contribution in [2.75, 3.05) is 16.9 Å². The van der Waals surface area contributed by atoms with Crippen LogP contribution in [0.15, 0.2) is 59.6 Å². The number of nitrogens with one attached hydrogen (secondary N) is 2. The number of carboxylic acid groups (broad SMARTS) is 1. The monoisotopic (exact) mass is 466 g/mol. The second-order valence-corrected chi connectivity index (χ2v) is 8.75. The zero-order valence-electron chi connectivity index (χ0n) is 16.5. The van der Waals surface area contributed by atoms with Crippen molar-refractivity contribution in [1.29, 1.82) is 0 Å². The molecule has 0 amide bonds. The Hall–Kier alpha value is -3.67. The van der Waals surface area contributed by atoms with Gasteiger partial charge >= 0.3 is 12.1 Å². The Balaban J connectivity index is 1.85. The van der Waals surface area contributed by atoms with Crippen molar-refractivity contribution in [3.8, 4) is 0 Å². The van der Waals surface area contributed by atoms with Crippen molar-refractivity contribution in [2.24, 2.45) is 0 Å². The number of carboxylic acids is 1. The Labute approximate surface area is 181 Å². The molecule has 168 valence electrons. The third-order valence-corrected chi connectivity index (χ3v) is 5.38. The van der Waals surface area contributed by atoms with Crippen LogP contribution in [-0.4, -0.2) is 35.7 Å². The highest BCUT2D eigenvalue weighted by Gasteiger charge is 2.35. The molecule has 8 nitrogen and oxygen atoms in total. The topological polar surface area (TPSA) is 121 Å². The fourth-order valence-electron chi connectivity index (χ4n) is 2.68. The number of alkyl halides is 3. The van der Waals surface area contributed by atoms with Gasteiger partial charge in [0.2, 0.25) is 5.95 Å². The first-order chi connectivity index (χ1) is 14.9. The Morgan fingerprint density at radius 1 is 1.12 bits per heavy atom. The molecule has 1 aromatic heterocycles. The van der Waals surface area contributed by atoms with E-state index in [0.29, 0.717) is 17.4 Å². The molecule has 0 saturated heterocycles. The van der Waals surface area contributed by atoms with E-state index in [4.69, 9.17) is 5.11 Å². The number of benzene rings is 2. The van der Waals surface area contributed by atoms with Crippen LogP contribution in [0.25, 0.3) is 0 Å².